The van der Waals surface area contributed by atoms with Gasteiger partial charge in [-0.2, -0.15) is 0 Å². The third kappa shape index (κ3) is 13.6. The quantitative estimate of drug-likeness (QED) is 0.0503. The van der Waals surface area contributed by atoms with Gasteiger partial charge in [-0.25, -0.2) is 0 Å². The minimum Gasteiger partial charge on any atom is -0.499 e. The first-order chi connectivity index (χ1) is 14.7. The van der Waals surface area contributed by atoms with Crippen LogP contribution in [0.5, 0.6) is 0 Å². The Morgan fingerprint density at radius 1 is 1.00 bits per heavy atom. The largest absolute Gasteiger partial charge is 0.499 e. The standard InChI is InChI=1S/C18H25BrN2O8S2/c1-18(2,19)5-6-26-7-9-28-13-30-31-14-29-10-8-27-12-15-3-4-16(20(22)23)11-17(15)21(24)25/h3-6,11H,7-10,12-14H2,1-2H3/b6-5+. The Morgan fingerprint density at radius 3 is 2.19 bits per heavy atom. The second-order valence-corrected chi connectivity index (χ2v) is 10.8. The molecule has 0 fully saturated rings. The van der Waals surface area contributed by atoms with E-state index in [4.69, 9.17) is 18.9 Å². The summed E-state index contributed by atoms with van der Waals surface area (Å²) in [4.78, 5) is 20.4. The van der Waals surface area contributed by atoms with Gasteiger partial charge < -0.3 is 18.9 Å². The molecule has 31 heavy (non-hydrogen) atoms. The van der Waals surface area contributed by atoms with Crippen LogP contribution in [0.25, 0.3) is 0 Å². The van der Waals surface area contributed by atoms with E-state index in [1.807, 2.05) is 19.9 Å². The van der Waals surface area contributed by atoms with Gasteiger partial charge in [0.15, 0.2) is 0 Å². The molecule has 0 amide bonds. The van der Waals surface area contributed by atoms with Crippen molar-refractivity contribution in [3.63, 3.8) is 0 Å². The topological polar surface area (TPSA) is 123 Å². The van der Waals surface area contributed by atoms with Crippen molar-refractivity contribution in [2.24, 2.45) is 0 Å². The van der Waals surface area contributed by atoms with Crippen LogP contribution in [0.15, 0.2) is 30.5 Å². The van der Waals surface area contributed by atoms with Crippen LogP contribution in [0.2, 0.25) is 0 Å². The number of nitro benzene ring substituents is 2. The van der Waals surface area contributed by atoms with Crippen molar-refractivity contribution < 1.29 is 28.8 Å². The van der Waals surface area contributed by atoms with Gasteiger partial charge in [-0.15, -0.1) is 0 Å². The number of nitro groups is 2. The van der Waals surface area contributed by atoms with E-state index in [1.54, 1.807) is 6.26 Å². The molecule has 0 heterocycles. The smallest absolute Gasteiger partial charge is 0.281 e. The summed E-state index contributed by atoms with van der Waals surface area (Å²) in [5.74, 6) is 0.944. The Kier molecular flexibility index (Phi) is 13.8. The third-order valence-electron chi connectivity index (χ3n) is 3.36. The van der Waals surface area contributed by atoms with Gasteiger partial charge >= 0.3 is 0 Å². The third-order valence-corrected chi connectivity index (χ3v) is 5.39. The van der Waals surface area contributed by atoms with E-state index in [1.165, 1.54) is 33.7 Å². The number of allylic oxidation sites excluding steroid dienone is 1. The number of non-ortho nitro benzene ring substituents is 1. The summed E-state index contributed by atoms with van der Waals surface area (Å²) < 4.78 is 21.4. The molecular formula is C18H25BrN2O8S2. The van der Waals surface area contributed by atoms with Gasteiger partial charge in [0, 0.05) is 10.4 Å². The molecule has 174 valence electrons. The minimum atomic E-state index is -0.677. The molecule has 0 atom stereocenters. The van der Waals surface area contributed by atoms with Gasteiger partial charge in [0.25, 0.3) is 11.4 Å². The maximum atomic E-state index is 11.1. The van der Waals surface area contributed by atoms with Crippen LogP contribution in [-0.2, 0) is 25.6 Å². The summed E-state index contributed by atoms with van der Waals surface area (Å²) in [6.45, 7) is 5.52. The summed E-state index contributed by atoms with van der Waals surface area (Å²) in [5, 5.41) is 21.8. The molecule has 0 saturated heterocycles. The number of benzene rings is 1. The lowest BCUT2D eigenvalue weighted by Gasteiger charge is -2.09. The Balaban J connectivity index is 2.03. The molecule has 0 unspecified atom stereocenters. The highest BCUT2D eigenvalue weighted by Gasteiger charge is 2.19. The Morgan fingerprint density at radius 2 is 1.61 bits per heavy atom. The van der Waals surface area contributed by atoms with Crippen LogP contribution < -0.4 is 0 Å². The Bertz CT molecular complexity index is 731. The minimum absolute atomic E-state index is 0.0300. The second-order valence-electron chi connectivity index (χ2n) is 6.41. The number of ether oxygens (including phenoxy) is 4. The van der Waals surface area contributed by atoms with Crippen molar-refractivity contribution in [2.75, 3.05) is 38.3 Å². The molecule has 0 spiro atoms. The highest BCUT2D eigenvalue weighted by atomic mass is 79.9. The maximum absolute atomic E-state index is 11.1. The number of hydrogen-bond donors (Lipinski definition) is 0. The van der Waals surface area contributed by atoms with Gasteiger partial charge in [0.1, 0.15) is 18.5 Å². The fourth-order valence-corrected chi connectivity index (χ4v) is 3.33. The lowest BCUT2D eigenvalue weighted by Crippen LogP contribution is -2.06. The highest BCUT2D eigenvalue weighted by molar-refractivity contribution is 9.10. The predicted octanol–water partition coefficient (Wildman–Crippen LogP) is 5.05. The van der Waals surface area contributed by atoms with Crippen molar-refractivity contribution in [3.8, 4) is 0 Å². The monoisotopic (exact) mass is 540 g/mol. The van der Waals surface area contributed by atoms with Crippen LogP contribution in [0.1, 0.15) is 19.4 Å². The molecule has 1 aromatic carbocycles. The zero-order valence-corrected chi connectivity index (χ0v) is 20.4. The number of rotatable bonds is 17. The first kappa shape index (κ1) is 27.7. The molecular weight excluding hydrogens is 516 g/mol. The van der Waals surface area contributed by atoms with E-state index in [0.29, 0.717) is 31.7 Å². The van der Waals surface area contributed by atoms with Gasteiger partial charge in [0.2, 0.25) is 0 Å². The molecule has 0 radical (unpaired) electrons. The van der Waals surface area contributed by atoms with Crippen LogP contribution in [0.4, 0.5) is 11.4 Å². The van der Waals surface area contributed by atoms with Gasteiger partial charge in [-0.05, 0) is 26.0 Å². The number of alkyl halides is 1. The van der Waals surface area contributed by atoms with Crippen LogP contribution >= 0.6 is 37.5 Å². The fourth-order valence-electron chi connectivity index (χ4n) is 1.90. The summed E-state index contributed by atoms with van der Waals surface area (Å²) in [5.41, 5.74) is -0.399. The van der Waals surface area contributed by atoms with Crippen molar-refractivity contribution in [2.45, 2.75) is 24.8 Å². The van der Waals surface area contributed by atoms with E-state index >= 15 is 0 Å². The average Bonchev–Trinajstić information content (AvgIpc) is 2.69. The van der Waals surface area contributed by atoms with E-state index < -0.39 is 9.85 Å². The van der Waals surface area contributed by atoms with Crippen molar-refractivity contribution >= 4 is 48.9 Å². The summed E-state index contributed by atoms with van der Waals surface area (Å²) >= 11 is 3.47. The van der Waals surface area contributed by atoms with Gasteiger partial charge in [0.05, 0.1) is 54.2 Å². The molecule has 1 rings (SSSR count). The number of hydrogen-bond acceptors (Lipinski definition) is 10. The van der Waals surface area contributed by atoms with Crippen LogP contribution in [0.3, 0.4) is 0 Å². The van der Waals surface area contributed by atoms with Gasteiger partial charge in [-0.1, -0.05) is 37.5 Å². The summed E-state index contributed by atoms with van der Waals surface area (Å²) in [6, 6.07) is 3.47. The zero-order chi connectivity index (χ0) is 23.1. The molecule has 0 aliphatic heterocycles. The molecule has 0 bridgehead atoms. The normalized spacial score (nSPS) is 11.7. The van der Waals surface area contributed by atoms with E-state index in [9.17, 15) is 20.2 Å². The molecule has 0 aliphatic carbocycles. The maximum Gasteiger partial charge on any atom is 0.281 e. The number of nitrogens with zero attached hydrogens (tertiary/aromatic N) is 2. The first-order valence-electron chi connectivity index (χ1n) is 9.08. The fraction of sp³-hybridized carbons (Fsp3) is 0.556. The molecule has 10 nitrogen and oxygen atoms in total. The van der Waals surface area contributed by atoms with Crippen molar-refractivity contribution in [1.82, 2.24) is 0 Å². The van der Waals surface area contributed by atoms with Crippen molar-refractivity contribution in [3.05, 3.63) is 56.3 Å². The molecule has 0 aromatic heterocycles. The summed E-state index contributed by atoms with van der Waals surface area (Å²) in [7, 11) is 3.00. The van der Waals surface area contributed by atoms with E-state index in [2.05, 4.69) is 15.9 Å². The van der Waals surface area contributed by atoms with Crippen molar-refractivity contribution in [1.29, 1.82) is 0 Å². The second kappa shape index (κ2) is 15.4. The highest BCUT2D eigenvalue weighted by Crippen LogP contribution is 2.25. The SMILES string of the molecule is CC(C)(Br)/C=C/OCCOCSSCOCCOCc1ccc([N+](=O)[O-])cc1[N+](=O)[O-]. The zero-order valence-electron chi connectivity index (χ0n) is 17.2. The Hall–Kier alpha value is -1.38. The predicted molar refractivity (Wildman–Crippen MR) is 124 cm³/mol. The molecule has 0 N–H and O–H groups in total. The van der Waals surface area contributed by atoms with Crippen LogP contribution in [-0.4, -0.2) is 52.5 Å². The Labute approximate surface area is 196 Å². The molecule has 1 aromatic rings. The summed E-state index contributed by atoms with van der Waals surface area (Å²) in [6.07, 6.45) is 3.56. The first-order valence-corrected chi connectivity index (χ1v) is 12.4. The van der Waals surface area contributed by atoms with E-state index in [0.717, 1.165) is 6.07 Å². The molecule has 0 saturated carbocycles. The number of halogens is 1. The lowest BCUT2D eigenvalue weighted by atomic mass is 10.1. The molecule has 0 aliphatic rings. The average molecular weight is 541 g/mol. The lowest BCUT2D eigenvalue weighted by molar-refractivity contribution is -0.394. The van der Waals surface area contributed by atoms with Crippen LogP contribution in [0, 0.1) is 20.2 Å². The van der Waals surface area contributed by atoms with Gasteiger partial charge in [-0.3, -0.25) is 20.2 Å². The van der Waals surface area contributed by atoms with E-state index in [-0.39, 0.29) is 34.5 Å². The molecule has 13 heteroatoms.